The van der Waals surface area contributed by atoms with E-state index >= 15 is 0 Å². The molecule has 0 bridgehead atoms. The maximum absolute atomic E-state index is 12.4. The number of benzene rings is 2. The van der Waals surface area contributed by atoms with Gasteiger partial charge < -0.3 is 10.6 Å². The summed E-state index contributed by atoms with van der Waals surface area (Å²) < 4.78 is 0. The van der Waals surface area contributed by atoms with Crippen LogP contribution in [0.15, 0.2) is 66.7 Å². The first kappa shape index (κ1) is 15.7. The highest BCUT2D eigenvalue weighted by atomic mass is 16.1. The van der Waals surface area contributed by atoms with E-state index in [0.717, 1.165) is 11.3 Å². The van der Waals surface area contributed by atoms with Gasteiger partial charge in [-0.25, -0.2) is 9.97 Å². The quantitative estimate of drug-likeness (QED) is 0.753. The molecule has 1 heterocycles. The van der Waals surface area contributed by atoms with Crippen LogP contribution in [0.25, 0.3) is 0 Å². The third kappa shape index (κ3) is 4.16. The van der Waals surface area contributed by atoms with E-state index in [1.165, 1.54) is 0 Å². The summed E-state index contributed by atoms with van der Waals surface area (Å²) in [4.78, 5) is 20.9. The molecule has 3 rings (SSSR count). The summed E-state index contributed by atoms with van der Waals surface area (Å²) in [6, 6.07) is 21.0. The van der Waals surface area contributed by atoms with Crippen molar-refractivity contribution >= 4 is 17.4 Å². The predicted octanol–water partition coefficient (Wildman–Crippen LogP) is 3.65. The fourth-order valence-corrected chi connectivity index (χ4v) is 2.28. The molecule has 0 fully saturated rings. The van der Waals surface area contributed by atoms with E-state index in [0.29, 0.717) is 23.9 Å². The highest BCUT2D eigenvalue weighted by Crippen LogP contribution is 2.12. The fourth-order valence-electron chi connectivity index (χ4n) is 2.28. The lowest BCUT2D eigenvalue weighted by Crippen LogP contribution is -2.15. The number of rotatable bonds is 5. The van der Waals surface area contributed by atoms with E-state index in [2.05, 4.69) is 20.6 Å². The largest absolute Gasteiger partial charge is 0.366 e. The number of amides is 1. The number of carbonyl (C=O) groups is 1. The number of carbonyl (C=O) groups excluding carboxylic acids is 1. The number of hydrogen-bond donors (Lipinski definition) is 2. The maximum atomic E-state index is 12.4. The van der Waals surface area contributed by atoms with Gasteiger partial charge in [-0.15, -0.1) is 0 Å². The van der Waals surface area contributed by atoms with Gasteiger partial charge in [0.15, 0.2) is 0 Å². The van der Waals surface area contributed by atoms with E-state index < -0.39 is 0 Å². The molecule has 0 spiro atoms. The Balaban J connectivity index is 1.72. The Morgan fingerprint density at radius 3 is 2.33 bits per heavy atom. The molecule has 5 heteroatoms. The van der Waals surface area contributed by atoms with Gasteiger partial charge in [-0.05, 0) is 24.6 Å². The van der Waals surface area contributed by atoms with Crippen LogP contribution in [0.1, 0.15) is 21.9 Å². The summed E-state index contributed by atoms with van der Waals surface area (Å²) in [7, 11) is 0. The zero-order chi connectivity index (χ0) is 16.8. The molecule has 0 atom stereocenters. The van der Waals surface area contributed by atoms with E-state index in [-0.39, 0.29) is 5.91 Å². The molecule has 5 nitrogen and oxygen atoms in total. The van der Waals surface area contributed by atoms with E-state index in [1.54, 1.807) is 13.0 Å². The number of aryl methyl sites for hydroxylation is 1. The van der Waals surface area contributed by atoms with Gasteiger partial charge in [0.2, 0.25) is 0 Å². The minimum atomic E-state index is -0.255. The van der Waals surface area contributed by atoms with Crippen molar-refractivity contribution in [3.05, 3.63) is 83.8 Å². The first-order chi connectivity index (χ1) is 11.7. The summed E-state index contributed by atoms with van der Waals surface area (Å²) in [5.74, 6) is 0.922. The van der Waals surface area contributed by atoms with Crippen LogP contribution in [0.2, 0.25) is 0 Å². The number of hydrogen-bond acceptors (Lipinski definition) is 4. The molecule has 0 aliphatic carbocycles. The van der Waals surface area contributed by atoms with Gasteiger partial charge in [-0.2, -0.15) is 0 Å². The van der Waals surface area contributed by atoms with Crippen molar-refractivity contribution in [2.24, 2.45) is 0 Å². The molecule has 0 unspecified atom stereocenters. The highest BCUT2D eigenvalue weighted by molar-refractivity contribution is 6.03. The number of anilines is 2. The third-order valence-electron chi connectivity index (χ3n) is 3.42. The predicted molar refractivity (Wildman–Crippen MR) is 94.9 cm³/mol. The lowest BCUT2D eigenvalue weighted by molar-refractivity contribution is 0.102. The van der Waals surface area contributed by atoms with Crippen LogP contribution < -0.4 is 10.6 Å². The van der Waals surface area contributed by atoms with Crippen LogP contribution in [-0.4, -0.2) is 15.9 Å². The standard InChI is InChI=1S/C19H18N4O/c1-14-21-17(19(24)23-16-10-6-3-7-11-16)12-18(22-14)20-13-15-8-4-2-5-9-15/h2-12H,13H2,1H3,(H,23,24)(H,20,21,22). The van der Waals surface area contributed by atoms with Gasteiger partial charge in [-0.3, -0.25) is 4.79 Å². The Hall–Kier alpha value is -3.21. The van der Waals surface area contributed by atoms with Gasteiger partial charge >= 0.3 is 0 Å². The molecular formula is C19H18N4O. The molecular weight excluding hydrogens is 300 g/mol. The first-order valence-electron chi connectivity index (χ1n) is 7.70. The molecule has 2 aromatic carbocycles. The molecule has 0 saturated carbocycles. The van der Waals surface area contributed by atoms with Crippen LogP contribution in [0.5, 0.6) is 0 Å². The van der Waals surface area contributed by atoms with Gasteiger partial charge in [0.25, 0.3) is 5.91 Å². The Bertz CT molecular complexity index is 819. The van der Waals surface area contributed by atoms with Gasteiger partial charge in [0, 0.05) is 18.3 Å². The van der Waals surface area contributed by atoms with Gasteiger partial charge in [-0.1, -0.05) is 48.5 Å². The van der Waals surface area contributed by atoms with Crippen LogP contribution in [0.3, 0.4) is 0 Å². The second kappa shape index (κ2) is 7.37. The Kier molecular flexibility index (Phi) is 4.81. The van der Waals surface area contributed by atoms with Crippen LogP contribution in [-0.2, 0) is 6.54 Å². The minimum absolute atomic E-state index is 0.255. The minimum Gasteiger partial charge on any atom is -0.366 e. The van der Waals surface area contributed by atoms with Crippen molar-refractivity contribution < 1.29 is 4.79 Å². The molecule has 0 radical (unpaired) electrons. The average Bonchev–Trinajstić information content (AvgIpc) is 2.61. The number of nitrogens with one attached hydrogen (secondary N) is 2. The Morgan fingerprint density at radius 2 is 1.62 bits per heavy atom. The molecule has 3 aromatic rings. The second-order valence-corrected chi connectivity index (χ2v) is 5.34. The fraction of sp³-hybridized carbons (Fsp3) is 0.105. The molecule has 1 aromatic heterocycles. The maximum Gasteiger partial charge on any atom is 0.274 e. The highest BCUT2D eigenvalue weighted by Gasteiger charge is 2.10. The number of para-hydroxylation sites is 1. The SMILES string of the molecule is Cc1nc(NCc2ccccc2)cc(C(=O)Nc2ccccc2)n1. The third-order valence-corrected chi connectivity index (χ3v) is 3.42. The molecule has 120 valence electrons. The summed E-state index contributed by atoms with van der Waals surface area (Å²) in [6.45, 7) is 2.41. The van der Waals surface area contributed by atoms with Crippen LogP contribution >= 0.6 is 0 Å². The van der Waals surface area contributed by atoms with Crippen molar-refractivity contribution in [3.63, 3.8) is 0 Å². The average molecular weight is 318 g/mol. The van der Waals surface area contributed by atoms with Gasteiger partial charge in [0.1, 0.15) is 17.3 Å². The topological polar surface area (TPSA) is 66.9 Å². The number of nitrogens with zero attached hydrogens (tertiary/aromatic N) is 2. The van der Waals surface area contributed by atoms with Crippen molar-refractivity contribution in [1.82, 2.24) is 9.97 Å². The summed E-state index contributed by atoms with van der Waals surface area (Å²) in [6.07, 6.45) is 0. The van der Waals surface area contributed by atoms with Crippen molar-refractivity contribution in [1.29, 1.82) is 0 Å². The molecule has 0 aliphatic rings. The van der Waals surface area contributed by atoms with Crippen molar-refractivity contribution in [2.45, 2.75) is 13.5 Å². The Morgan fingerprint density at radius 1 is 0.958 bits per heavy atom. The van der Waals surface area contributed by atoms with Crippen LogP contribution in [0, 0.1) is 6.92 Å². The van der Waals surface area contributed by atoms with Gasteiger partial charge in [0.05, 0.1) is 0 Å². The van der Waals surface area contributed by atoms with Crippen LogP contribution in [0.4, 0.5) is 11.5 Å². The normalized spacial score (nSPS) is 10.2. The lowest BCUT2D eigenvalue weighted by Gasteiger charge is -2.09. The summed E-state index contributed by atoms with van der Waals surface area (Å²) >= 11 is 0. The second-order valence-electron chi connectivity index (χ2n) is 5.34. The smallest absolute Gasteiger partial charge is 0.274 e. The molecule has 24 heavy (non-hydrogen) atoms. The Labute approximate surface area is 140 Å². The zero-order valence-electron chi connectivity index (χ0n) is 13.4. The number of aromatic nitrogens is 2. The van der Waals surface area contributed by atoms with Crippen molar-refractivity contribution in [2.75, 3.05) is 10.6 Å². The monoisotopic (exact) mass is 318 g/mol. The lowest BCUT2D eigenvalue weighted by atomic mass is 10.2. The zero-order valence-corrected chi connectivity index (χ0v) is 13.4. The summed E-state index contributed by atoms with van der Waals surface area (Å²) in [5.41, 5.74) is 2.21. The first-order valence-corrected chi connectivity index (χ1v) is 7.70. The molecule has 0 aliphatic heterocycles. The molecule has 1 amide bonds. The van der Waals surface area contributed by atoms with Crippen molar-refractivity contribution in [3.8, 4) is 0 Å². The molecule has 0 saturated heterocycles. The van der Waals surface area contributed by atoms with E-state index in [4.69, 9.17) is 0 Å². The van der Waals surface area contributed by atoms with E-state index in [1.807, 2.05) is 60.7 Å². The molecule has 2 N–H and O–H groups in total. The van der Waals surface area contributed by atoms with E-state index in [9.17, 15) is 4.79 Å². The summed E-state index contributed by atoms with van der Waals surface area (Å²) in [5, 5.41) is 6.06.